The van der Waals surface area contributed by atoms with Crippen molar-refractivity contribution < 1.29 is 14.5 Å². The minimum absolute atomic E-state index is 0.180. The Balaban J connectivity index is 0.955. The lowest BCUT2D eigenvalue weighted by Crippen LogP contribution is -2.55. The maximum absolute atomic E-state index is 6.35. The van der Waals surface area contributed by atoms with Gasteiger partial charge in [-0.3, -0.25) is 4.98 Å². The maximum atomic E-state index is 6.35. The number of aromatic nitrogens is 1. The van der Waals surface area contributed by atoms with Crippen LogP contribution in [0.4, 0.5) is 5.69 Å². The molecule has 2 N–H and O–H groups in total. The molecule has 1 saturated heterocycles. The van der Waals surface area contributed by atoms with Crippen LogP contribution in [0.1, 0.15) is 83.5 Å². The van der Waals surface area contributed by atoms with Crippen molar-refractivity contribution in [2.24, 2.45) is 0 Å². The third-order valence-corrected chi connectivity index (χ3v) is 8.98. The molecule has 2 spiro atoms. The monoisotopic (exact) mass is 499 g/mol. The number of nitrogens with one attached hydrogen (secondary N) is 2. The Bertz CT molecular complexity index is 1000. The van der Waals surface area contributed by atoms with E-state index in [4.69, 9.17) is 26.1 Å². The fourth-order valence-electron chi connectivity index (χ4n) is 6.56. The number of benzene rings is 1. The molecule has 7 heteroatoms. The second-order valence-corrected chi connectivity index (χ2v) is 11.7. The van der Waals surface area contributed by atoms with Crippen LogP contribution in [0, 0.1) is 0 Å². The maximum Gasteiger partial charge on any atom is 0.201 e. The molecule has 2 aromatic rings. The molecule has 1 aliphatic heterocycles. The van der Waals surface area contributed by atoms with E-state index >= 15 is 0 Å². The number of halogens is 1. The highest BCUT2D eigenvalue weighted by Crippen LogP contribution is 2.43. The molecule has 6 nitrogen and oxygen atoms in total. The predicted octanol–water partition coefficient (Wildman–Crippen LogP) is 6.52. The van der Waals surface area contributed by atoms with Crippen LogP contribution in [0.2, 0.25) is 5.02 Å². The van der Waals surface area contributed by atoms with Crippen molar-refractivity contribution in [3.05, 3.63) is 35.5 Å². The Morgan fingerprint density at radius 3 is 2.31 bits per heavy atom. The lowest BCUT2D eigenvalue weighted by molar-refractivity contribution is -0.520. The van der Waals surface area contributed by atoms with Gasteiger partial charge < -0.3 is 15.4 Å². The standard InChI is InChI=1S/C28H38ClN3O3/c29-20-4-9-24-25(12-17-30-26(24)18-20)32-22-7-5-21(6-8-22)31-23-10-15-28(16-11-23)33-19-27(34-35-28)13-2-1-3-14-27/h4,9,12,17-18,21-23,31H,1-3,5-8,10-11,13-16,19H2,(H,30,32). The highest BCUT2D eigenvalue weighted by atomic mass is 35.5. The van der Waals surface area contributed by atoms with Gasteiger partial charge in [-0.05, 0) is 75.6 Å². The normalized spacial score (nSPS) is 33.2. The smallest absolute Gasteiger partial charge is 0.201 e. The van der Waals surface area contributed by atoms with Crippen LogP contribution in [0.25, 0.3) is 10.9 Å². The molecule has 3 aliphatic carbocycles. The van der Waals surface area contributed by atoms with Crippen LogP contribution in [-0.4, -0.2) is 41.1 Å². The average molecular weight is 500 g/mol. The number of nitrogens with zero attached hydrogens (tertiary/aromatic N) is 1. The fourth-order valence-corrected chi connectivity index (χ4v) is 6.72. The van der Waals surface area contributed by atoms with Crippen molar-refractivity contribution >= 4 is 28.2 Å². The van der Waals surface area contributed by atoms with Gasteiger partial charge in [0.2, 0.25) is 5.79 Å². The van der Waals surface area contributed by atoms with E-state index in [1.807, 2.05) is 18.3 Å². The summed E-state index contributed by atoms with van der Waals surface area (Å²) in [7, 11) is 0. The number of rotatable bonds is 4. The van der Waals surface area contributed by atoms with Gasteiger partial charge in [0.1, 0.15) is 5.60 Å². The highest BCUT2D eigenvalue weighted by molar-refractivity contribution is 6.31. The molecule has 0 bridgehead atoms. The van der Waals surface area contributed by atoms with Gasteiger partial charge in [0.25, 0.3) is 0 Å². The van der Waals surface area contributed by atoms with E-state index in [1.165, 1.54) is 44.9 Å². The van der Waals surface area contributed by atoms with Crippen molar-refractivity contribution in [2.45, 2.75) is 113 Å². The minimum atomic E-state index is -0.514. The van der Waals surface area contributed by atoms with Gasteiger partial charge in [0.05, 0.1) is 12.1 Å². The van der Waals surface area contributed by atoms with Crippen LogP contribution in [0.5, 0.6) is 0 Å². The molecule has 190 valence electrons. The number of pyridine rings is 1. The second-order valence-electron chi connectivity index (χ2n) is 11.3. The first-order valence-electron chi connectivity index (χ1n) is 13.7. The second kappa shape index (κ2) is 10.1. The third kappa shape index (κ3) is 5.33. The van der Waals surface area contributed by atoms with E-state index in [0.29, 0.717) is 24.7 Å². The Morgan fingerprint density at radius 2 is 1.57 bits per heavy atom. The van der Waals surface area contributed by atoms with E-state index in [0.717, 1.165) is 60.1 Å². The first kappa shape index (κ1) is 23.9. The highest BCUT2D eigenvalue weighted by Gasteiger charge is 2.48. The van der Waals surface area contributed by atoms with Crippen LogP contribution in [0.3, 0.4) is 0 Å². The van der Waals surface area contributed by atoms with Gasteiger partial charge >= 0.3 is 0 Å². The summed E-state index contributed by atoms with van der Waals surface area (Å²) in [6, 6.07) is 9.65. The Hall–Kier alpha value is -1.44. The average Bonchev–Trinajstić information content (AvgIpc) is 2.89. The lowest BCUT2D eigenvalue weighted by Gasteiger charge is -2.48. The molecular formula is C28H38ClN3O3. The third-order valence-electron chi connectivity index (χ3n) is 8.74. The van der Waals surface area contributed by atoms with E-state index in [2.05, 4.69) is 27.8 Å². The zero-order valence-corrected chi connectivity index (χ0v) is 21.3. The summed E-state index contributed by atoms with van der Waals surface area (Å²) in [4.78, 5) is 16.5. The molecule has 0 atom stereocenters. The molecule has 4 fully saturated rings. The fraction of sp³-hybridized carbons (Fsp3) is 0.679. The van der Waals surface area contributed by atoms with Crippen LogP contribution >= 0.6 is 11.6 Å². The molecule has 0 unspecified atom stereocenters. The van der Waals surface area contributed by atoms with Crippen molar-refractivity contribution in [2.75, 3.05) is 11.9 Å². The van der Waals surface area contributed by atoms with Crippen molar-refractivity contribution in [3.8, 4) is 0 Å². The van der Waals surface area contributed by atoms with E-state index < -0.39 is 5.79 Å². The largest absolute Gasteiger partial charge is 0.382 e. The predicted molar refractivity (Wildman–Crippen MR) is 138 cm³/mol. The van der Waals surface area contributed by atoms with Gasteiger partial charge in [-0.25, -0.2) is 9.78 Å². The van der Waals surface area contributed by atoms with E-state index in [9.17, 15) is 0 Å². The molecule has 35 heavy (non-hydrogen) atoms. The Kier molecular flexibility index (Phi) is 6.93. The quantitative estimate of drug-likeness (QED) is 0.467. The molecule has 1 aromatic heterocycles. The number of fused-ring (bicyclic) bond motifs is 1. The molecule has 0 amide bonds. The summed E-state index contributed by atoms with van der Waals surface area (Å²) in [5.74, 6) is -0.514. The molecule has 3 saturated carbocycles. The summed E-state index contributed by atoms with van der Waals surface area (Å²) in [5.41, 5.74) is 1.92. The summed E-state index contributed by atoms with van der Waals surface area (Å²) < 4.78 is 6.35. The molecule has 6 rings (SSSR count). The van der Waals surface area contributed by atoms with Crippen molar-refractivity contribution in [1.82, 2.24) is 10.3 Å². The summed E-state index contributed by atoms with van der Waals surface area (Å²) >= 11 is 6.14. The van der Waals surface area contributed by atoms with Crippen molar-refractivity contribution in [3.63, 3.8) is 0 Å². The number of ether oxygens (including phenoxy) is 1. The SMILES string of the molecule is Clc1ccc2c(NC3CCC(NC4CCC5(CC4)OCC4(CCCCC4)OO5)CC3)ccnc2c1. The van der Waals surface area contributed by atoms with Crippen molar-refractivity contribution in [1.29, 1.82) is 0 Å². The van der Waals surface area contributed by atoms with Gasteiger partial charge in [-0.15, -0.1) is 0 Å². The summed E-state index contributed by atoms with van der Waals surface area (Å²) in [6.07, 6.45) is 16.5. The number of hydrogen-bond acceptors (Lipinski definition) is 6. The zero-order valence-electron chi connectivity index (χ0n) is 20.6. The van der Waals surface area contributed by atoms with Gasteiger partial charge in [0.15, 0.2) is 0 Å². The van der Waals surface area contributed by atoms with Crippen LogP contribution in [0.15, 0.2) is 30.5 Å². The number of hydrogen-bond donors (Lipinski definition) is 2. The lowest BCUT2D eigenvalue weighted by atomic mass is 9.84. The van der Waals surface area contributed by atoms with Crippen LogP contribution < -0.4 is 10.6 Å². The Morgan fingerprint density at radius 1 is 0.829 bits per heavy atom. The Labute approximate surface area is 213 Å². The van der Waals surface area contributed by atoms with Gasteiger partial charge in [-0.1, -0.05) is 30.9 Å². The first-order valence-corrected chi connectivity index (χ1v) is 14.1. The minimum Gasteiger partial charge on any atom is -0.382 e. The number of anilines is 1. The summed E-state index contributed by atoms with van der Waals surface area (Å²) in [6.45, 7) is 0.696. The van der Waals surface area contributed by atoms with Gasteiger partial charge in [0, 0.05) is 53.3 Å². The molecule has 0 radical (unpaired) electrons. The molecule has 4 aliphatic rings. The first-order chi connectivity index (χ1) is 17.1. The molecular weight excluding hydrogens is 462 g/mol. The topological polar surface area (TPSA) is 64.6 Å². The molecule has 2 heterocycles. The molecule has 1 aromatic carbocycles. The van der Waals surface area contributed by atoms with Crippen LogP contribution in [-0.2, 0) is 14.5 Å². The summed E-state index contributed by atoms with van der Waals surface area (Å²) in [5, 5.41) is 9.59. The zero-order chi connectivity index (χ0) is 23.7. The van der Waals surface area contributed by atoms with Gasteiger partial charge in [-0.2, -0.15) is 0 Å². The van der Waals surface area contributed by atoms with E-state index in [-0.39, 0.29) is 5.60 Å². The van der Waals surface area contributed by atoms with E-state index in [1.54, 1.807) is 0 Å².